The standard InChI is InChI=1S/C24H32N6O4/c31-15-17-6-5-7-18(14-17)22-26-23(29-12-9-19(32)10-13-29)21-24(27-22)30(16-25-21)11-4-2-1-3-8-20(33)28-34/h5-7,14,16,19,31-32,34H,1-4,8-13,15H2,(H,28,33). The monoisotopic (exact) mass is 468 g/mol. The third kappa shape index (κ3) is 5.69. The lowest BCUT2D eigenvalue weighted by Gasteiger charge is -2.30. The number of anilines is 1. The van der Waals surface area contributed by atoms with Gasteiger partial charge in [0.2, 0.25) is 5.91 Å². The predicted molar refractivity (Wildman–Crippen MR) is 127 cm³/mol. The van der Waals surface area contributed by atoms with Crippen LogP contribution in [0.1, 0.15) is 50.5 Å². The minimum absolute atomic E-state index is 0.0507. The highest BCUT2D eigenvalue weighted by atomic mass is 16.5. The van der Waals surface area contributed by atoms with Crippen LogP contribution in [0.4, 0.5) is 5.82 Å². The van der Waals surface area contributed by atoms with Crippen LogP contribution in [0.5, 0.6) is 0 Å². The molecule has 3 aromatic rings. The molecule has 0 spiro atoms. The summed E-state index contributed by atoms with van der Waals surface area (Å²) < 4.78 is 2.04. The van der Waals surface area contributed by atoms with Gasteiger partial charge in [0.15, 0.2) is 22.8 Å². The van der Waals surface area contributed by atoms with E-state index in [9.17, 15) is 15.0 Å². The molecule has 1 saturated heterocycles. The summed E-state index contributed by atoms with van der Waals surface area (Å²) in [5, 5.41) is 28.1. The number of fused-ring (bicyclic) bond motifs is 1. The van der Waals surface area contributed by atoms with Gasteiger partial charge in [0.05, 0.1) is 19.0 Å². The number of piperidine rings is 1. The molecule has 1 aliphatic heterocycles. The number of hydrogen-bond donors (Lipinski definition) is 4. The van der Waals surface area contributed by atoms with E-state index in [4.69, 9.17) is 15.2 Å². The molecule has 1 fully saturated rings. The van der Waals surface area contributed by atoms with Crippen molar-refractivity contribution >= 4 is 22.9 Å². The third-order valence-electron chi connectivity index (χ3n) is 6.25. The van der Waals surface area contributed by atoms with Crippen LogP contribution in [-0.4, -0.2) is 60.0 Å². The molecule has 0 radical (unpaired) electrons. The number of unbranched alkanes of at least 4 members (excludes halogenated alkanes) is 3. The molecule has 0 aliphatic carbocycles. The summed E-state index contributed by atoms with van der Waals surface area (Å²) in [4.78, 5) is 27.7. The van der Waals surface area contributed by atoms with Crippen molar-refractivity contribution in [2.24, 2.45) is 0 Å². The number of aliphatic hydroxyl groups excluding tert-OH is 2. The van der Waals surface area contributed by atoms with Gasteiger partial charge in [0, 0.05) is 31.6 Å². The van der Waals surface area contributed by atoms with Gasteiger partial charge in [-0.1, -0.05) is 31.0 Å². The lowest BCUT2D eigenvalue weighted by Crippen LogP contribution is -2.36. The number of nitrogens with one attached hydrogen (secondary N) is 1. The van der Waals surface area contributed by atoms with Crippen LogP contribution in [0, 0.1) is 0 Å². The van der Waals surface area contributed by atoms with Gasteiger partial charge in [-0.15, -0.1) is 0 Å². The van der Waals surface area contributed by atoms with Gasteiger partial charge in [0.25, 0.3) is 0 Å². The van der Waals surface area contributed by atoms with Gasteiger partial charge >= 0.3 is 0 Å². The first-order chi connectivity index (χ1) is 16.6. The molecule has 1 aromatic carbocycles. The van der Waals surface area contributed by atoms with Crippen LogP contribution >= 0.6 is 0 Å². The second-order valence-electron chi connectivity index (χ2n) is 8.76. The van der Waals surface area contributed by atoms with Gasteiger partial charge in [-0.3, -0.25) is 10.0 Å². The van der Waals surface area contributed by atoms with Crippen LogP contribution < -0.4 is 10.4 Å². The number of nitrogens with zero attached hydrogens (tertiary/aromatic N) is 5. The molecule has 1 aliphatic rings. The molecule has 34 heavy (non-hydrogen) atoms. The van der Waals surface area contributed by atoms with Crippen molar-refractivity contribution in [2.75, 3.05) is 18.0 Å². The molecule has 1 amide bonds. The topological polar surface area (TPSA) is 137 Å². The fourth-order valence-electron chi connectivity index (χ4n) is 4.31. The zero-order valence-corrected chi connectivity index (χ0v) is 19.2. The molecule has 0 atom stereocenters. The number of benzene rings is 1. The maximum atomic E-state index is 11.1. The smallest absolute Gasteiger partial charge is 0.243 e. The van der Waals surface area contributed by atoms with E-state index in [0.717, 1.165) is 60.3 Å². The molecule has 4 rings (SSSR count). The molecule has 10 heteroatoms. The molecule has 0 unspecified atom stereocenters. The van der Waals surface area contributed by atoms with Crippen molar-refractivity contribution in [1.82, 2.24) is 25.0 Å². The first-order valence-electron chi connectivity index (χ1n) is 11.9. The summed E-state index contributed by atoms with van der Waals surface area (Å²) >= 11 is 0. The number of amides is 1. The molecule has 0 bridgehead atoms. The molecular weight excluding hydrogens is 436 g/mol. The number of rotatable bonds is 10. The van der Waals surface area contributed by atoms with Crippen molar-refractivity contribution in [3.8, 4) is 11.4 Å². The fraction of sp³-hybridized carbons (Fsp3) is 0.500. The summed E-state index contributed by atoms with van der Waals surface area (Å²) in [5.74, 6) is 1.00. The molecule has 0 saturated carbocycles. The van der Waals surface area contributed by atoms with E-state index in [1.807, 2.05) is 28.8 Å². The minimum Gasteiger partial charge on any atom is -0.393 e. The largest absolute Gasteiger partial charge is 0.393 e. The van der Waals surface area contributed by atoms with E-state index < -0.39 is 0 Å². The summed E-state index contributed by atoms with van der Waals surface area (Å²) in [7, 11) is 0. The molecule has 3 heterocycles. The Bertz CT molecular complexity index is 1110. The van der Waals surface area contributed by atoms with Crippen molar-refractivity contribution in [3.05, 3.63) is 36.2 Å². The molecular formula is C24H32N6O4. The Hall–Kier alpha value is -3.08. The number of carbonyl (C=O) groups is 1. The second-order valence-corrected chi connectivity index (χ2v) is 8.76. The summed E-state index contributed by atoms with van der Waals surface area (Å²) in [5.41, 5.74) is 4.81. The van der Waals surface area contributed by atoms with Crippen molar-refractivity contribution in [2.45, 2.75) is 64.2 Å². The zero-order valence-electron chi connectivity index (χ0n) is 19.2. The highest BCUT2D eigenvalue weighted by molar-refractivity contribution is 5.86. The minimum atomic E-state index is -0.354. The quantitative estimate of drug-likeness (QED) is 0.202. The van der Waals surface area contributed by atoms with Crippen LogP contribution in [0.2, 0.25) is 0 Å². The first-order valence-corrected chi connectivity index (χ1v) is 11.9. The number of imidazole rings is 1. The number of aliphatic hydroxyl groups is 2. The molecule has 182 valence electrons. The van der Waals surface area contributed by atoms with Gasteiger partial charge in [-0.05, 0) is 37.3 Å². The van der Waals surface area contributed by atoms with Crippen LogP contribution in [-0.2, 0) is 17.9 Å². The Morgan fingerprint density at radius 1 is 1.12 bits per heavy atom. The van der Waals surface area contributed by atoms with Crippen LogP contribution in [0.3, 0.4) is 0 Å². The van der Waals surface area contributed by atoms with Gasteiger partial charge < -0.3 is 19.7 Å². The average Bonchev–Trinajstić information content (AvgIpc) is 3.28. The summed E-state index contributed by atoms with van der Waals surface area (Å²) in [6.45, 7) is 2.11. The third-order valence-corrected chi connectivity index (χ3v) is 6.25. The first kappa shape index (κ1) is 24.1. The fourth-order valence-corrected chi connectivity index (χ4v) is 4.31. The highest BCUT2D eigenvalue weighted by Crippen LogP contribution is 2.29. The maximum Gasteiger partial charge on any atom is 0.243 e. The lowest BCUT2D eigenvalue weighted by atomic mass is 10.1. The Labute approximate surface area is 198 Å². The van der Waals surface area contributed by atoms with Crippen LogP contribution in [0.25, 0.3) is 22.6 Å². The van der Waals surface area contributed by atoms with Gasteiger partial charge in [-0.2, -0.15) is 0 Å². The molecule has 2 aromatic heterocycles. The Morgan fingerprint density at radius 2 is 1.91 bits per heavy atom. The van der Waals surface area contributed by atoms with E-state index in [0.29, 0.717) is 38.2 Å². The maximum absolute atomic E-state index is 11.1. The van der Waals surface area contributed by atoms with E-state index in [2.05, 4.69) is 9.88 Å². The van der Waals surface area contributed by atoms with Crippen molar-refractivity contribution in [1.29, 1.82) is 0 Å². The SMILES string of the molecule is O=C(CCCCCCn1cnc2c(N3CCC(O)CC3)nc(-c3cccc(CO)c3)nc21)NO. The summed E-state index contributed by atoms with van der Waals surface area (Å²) in [6.07, 6.45) is 6.71. The zero-order chi connectivity index (χ0) is 23.9. The van der Waals surface area contributed by atoms with Crippen molar-refractivity contribution in [3.63, 3.8) is 0 Å². The number of aryl methyl sites for hydroxylation is 1. The van der Waals surface area contributed by atoms with Crippen molar-refractivity contribution < 1.29 is 20.2 Å². The summed E-state index contributed by atoms with van der Waals surface area (Å²) in [6, 6.07) is 7.59. The number of hydroxylamine groups is 1. The molecule has 10 nitrogen and oxygen atoms in total. The normalized spacial score (nSPS) is 14.6. The van der Waals surface area contributed by atoms with Gasteiger partial charge in [0.1, 0.15) is 0 Å². The van der Waals surface area contributed by atoms with E-state index in [1.165, 1.54) is 0 Å². The predicted octanol–water partition coefficient (Wildman–Crippen LogP) is 2.40. The average molecular weight is 469 g/mol. The number of aromatic nitrogens is 4. The Kier molecular flexibility index (Phi) is 8.04. The Balaban J connectivity index is 1.58. The van der Waals surface area contributed by atoms with Crippen LogP contribution in [0.15, 0.2) is 30.6 Å². The highest BCUT2D eigenvalue weighted by Gasteiger charge is 2.23. The molecule has 4 N–H and O–H groups in total. The Morgan fingerprint density at radius 3 is 2.68 bits per heavy atom. The van der Waals surface area contributed by atoms with E-state index in [1.54, 1.807) is 11.8 Å². The number of hydrogen-bond acceptors (Lipinski definition) is 8. The number of carbonyl (C=O) groups excluding carboxylic acids is 1. The second kappa shape index (κ2) is 11.4. The lowest BCUT2D eigenvalue weighted by molar-refractivity contribution is -0.129. The van der Waals surface area contributed by atoms with E-state index >= 15 is 0 Å². The van der Waals surface area contributed by atoms with E-state index in [-0.39, 0.29) is 18.6 Å². The van der Waals surface area contributed by atoms with Gasteiger partial charge in [-0.25, -0.2) is 20.4 Å².